The summed E-state index contributed by atoms with van der Waals surface area (Å²) in [5.41, 5.74) is -1.39. The number of ether oxygens (including phenoxy) is 3. The lowest BCUT2D eigenvalue weighted by molar-refractivity contribution is -0.162. The van der Waals surface area contributed by atoms with Gasteiger partial charge in [-0.05, 0) is 12.1 Å². The molecule has 1 fully saturated rings. The van der Waals surface area contributed by atoms with Crippen molar-refractivity contribution in [1.29, 1.82) is 0 Å². The number of carboxylic acids is 1. The van der Waals surface area contributed by atoms with Gasteiger partial charge in [0.2, 0.25) is 5.75 Å². The third-order valence-electron chi connectivity index (χ3n) is 4.35. The van der Waals surface area contributed by atoms with E-state index in [1.807, 2.05) is 0 Å². The molecule has 0 radical (unpaired) electrons. The summed E-state index contributed by atoms with van der Waals surface area (Å²) >= 11 is 0. The number of carbonyl (C=O) groups is 2. The number of nitrogens with zero attached hydrogens (tertiary/aromatic N) is 1. The van der Waals surface area contributed by atoms with Gasteiger partial charge in [-0.1, -0.05) is 0 Å². The summed E-state index contributed by atoms with van der Waals surface area (Å²) in [5, 5.41) is 19.0. The van der Waals surface area contributed by atoms with Crippen molar-refractivity contribution in [2.45, 2.75) is 18.4 Å². The van der Waals surface area contributed by atoms with Gasteiger partial charge in [-0.2, -0.15) is 0 Å². The van der Waals surface area contributed by atoms with Crippen LogP contribution in [0.2, 0.25) is 0 Å². The number of rotatable bonds is 3. The highest BCUT2D eigenvalue weighted by Crippen LogP contribution is 2.40. The molecule has 8 nitrogen and oxygen atoms in total. The van der Waals surface area contributed by atoms with Gasteiger partial charge < -0.3 is 29.3 Å². The van der Waals surface area contributed by atoms with Crippen LogP contribution in [-0.4, -0.2) is 66.0 Å². The second-order valence-corrected chi connectivity index (χ2v) is 5.83. The van der Waals surface area contributed by atoms with Gasteiger partial charge in [-0.3, -0.25) is 4.79 Å². The van der Waals surface area contributed by atoms with E-state index in [1.165, 1.54) is 12.0 Å². The molecular formula is C16H19NO7. The highest BCUT2D eigenvalue weighted by Gasteiger charge is 2.40. The van der Waals surface area contributed by atoms with Crippen molar-refractivity contribution in [3.8, 4) is 17.2 Å². The number of benzene rings is 1. The standard InChI is InChI=1S/C16H19NO7/c1-22-11-8-10(9-12-13(11)24-7-6-23-12)14(18)17-4-2-16(21,3-5-17)15(19)20/h8-9,21H,2-7H2,1H3,(H,19,20). The molecular weight excluding hydrogens is 318 g/mol. The molecule has 1 saturated heterocycles. The summed E-state index contributed by atoms with van der Waals surface area (Å²) in [6.45, 7) is 1.14. The van der Waals surface area contributed by atoms with Gasteiger partial charge >= 0.3 is 5.97 Å². The molecule has 2 aliphatic heterocycles. The molecule has 0 saturated carbocycles. The van der Waals surface area contributed by atoms with E-state index >= 15 is 0 Å². The van der Waals surface area contributed by atoms with E-state index in [2.05, 4.69) is 0 Å². The number of aliphatic hydroxyl groups is 1. The molecule has 0 aliphatic carbocycles. The summed E-state index contributed by atoms with van der Waals surface area (Å²) in [7, 11) is 1.48. The van der Waals surface area contributed by atoms with Crippen molar-refractivity contribution in [3.63, 3.8) is 0 Å². The molecule has 130 valence electrons. The molecule has 0 spiro atoms. The second kappa shape index (κ2) is 6.20. The maximum Gasteiger partial charge on any atom is 0.335 e. The number of likely N-dealkylation sites (tertiary alicyclic amines) is 1. The fourth-order valence-electron chi connectivity index (χ4n) is 2.87. The number of aliphatic carboxylic acids is 1. The monoisotopic (exact) mass is 337 g/mol. The van der Waals surface area contributed by atoms with Gasteiger partial charge in [0.1, 0.15) is 13.2 Å². The zero-order chi connectivity index (χ0) is 17.3. The minimum absolute atomic E-state index is 0.00421. The summed E-state index contributed by atoms with van der Waals surface area (Å²) in [5.74, 6) is -0.190. The number of carbonyl (C=O) groups excluding carboxylic acids is 1. The van der Waals surface area contributed by atoms with Gasteiger partial charge in [-0.25, -0.2) is 4.79 Å². The first-order valence-electron chi connectivity index (χ1n) is 7.67. The SMILES string of the molecule is COc1cc(C(=O)N2CCC(O)(C(=O)O)CC2)cc2c1OCCO2. The highest BCUT2D eigenvalue weighted by atomic mass is 16.6. The topological polar surface area (TPSA) is 106 Å². The van der Waals surface area contributed by atoms with E-state index in [0.29, 0.717) is 36.0 Å². The predicted octanol–water partition coefficient (Wildman–Crippen LogP) is 0.518. The molecule has 2 N–H and O–H groups in total. The zero-order valence-electron chi connectivity index (χ0n) is 13.3. The van der Waals surface area contributed by atoms with Gasteiger partial charge in [0.05, 0.1) is 7.11 Å². The Kier molecular flexibility index (Phi) is 4.23. The van der Waals surface area contributed by atoms with Crippen LogP contribution in [-0.2, 0) is 4.79 Å². The lowest BCUT2D eigenvalue weighted by atomic mass is 9.91. The van der Waals surface area contributed by atoms with Gasteiger partial charge in [0, 0.05) is 31.5 Å². The van der Waals surface area contributed by atoms with E-state index in [9.17, 15) is 14.7 Å². The number of fused-ring (bicyclic) bond motifs is 1. The van der Waals surface area contributed by atoms with Crippen LogP contribution < -0.4 is 14.2 Å². The Hall–Kier alpha value is -2.48. The molecule has 0 unspecified atom stereocenters. The van der Waals surface area contributed by atoms with Crippen LogP contribution in [0.15, 0.2) is 12.1 Å². The summed E-state index contributed by atoms with van der Waals surface area (Å²) in [4.78, 5) is 25.3. The van der Waals surface area contributed by atoms with E-state index in [-0.39, 0.29) is 31.8 Å². The van der Waals surface area contributed by atoms with Crippen molar-refractivity contribution < 1.29 is 34.0 Å². The largest absolute Gasteiger partial charge is 0.493 e. The van der Waals surface area contributed by atoms with Crippen LogP contribution in [0, 0.1) is 0 Å². The third-order valence-corrected chi connectivity index (χ3v) is 4.35. The number of hydrogen-bond donors (Lipinski definition) is 2. The maximum atomic E-state index is 12.7. The Morgan fingerprint density at radius 2 is 1.88 bits per heavy atom. The molecule has 0 bridgehead atoms. The Bertz CT molecular complexity index is 647. The first kappa shape index (κ1) is 16.4. The average molecular weight is 337 g/mol. The third kappa shape index (κ3) is 2.84. The number of hydrogen-bond acceptors (Lipinski definition) is 6. The van der Waals surface area contributed by atoms with Gasteiger partial charge in [0.25, 0.3) is 5.91 Å². The normalized spacial score (nSPS) is 18.8. The van der Waals surface area contributed by atoms with Crippen LogP contribution in [0.5, 0.6) is 17.2 Å². The Labute approximate surface area is 138 Å². The molecule has 2 aliphatic rings. The maximum absolute atomic E-state index is 12.7. The number of carboxylic acid groups (broad SMARTS) is 1. The minimum Gasteiger partial charge on any atom is -0.493 e. The molecule has 1 amide bonds. The molecule has 0 atom stereocenters. The molecule has 1 aromatic carbocycles. The molecule has 0 aromatic heterocycles. The van der Waals surface area contributed by atoms with Crippen molar-refractivity contribution in [2.75, 3.05) is 33.4 Å². The summed E-state index contributed by atoms with van der Waals surface area (Å²) in [6.07, 6.45) is -0.00841. The Morgan fingerprint density at radius 3 is 2.50 bits per heavy atom. The van der Waals surface area contributed by atoms with E-state index in [4.69, 9.17) is 19.3 Å². The number of methoxy groups -OCH3 is 1. The van der Waals surface area contributed by atoms with Crippen molar-refractivity contribution in [3.05, 3.63) is 17.7 Å². The number of amides is 1. The molecule has 3 rings (SSSR count). The van der Waals surface area contributed by atoms with Crippen LogP contribution in [0.25, 0.3) is 0 Å². The highest BCUT2D eigenvalue weighted by molar-refractivity contribution is 5.96. The van der Waals surface area contributed by atoms with Gasteiger partial charge in [-0.15, -0.1) is 0 Å². The smallest absolute Gasteiger partial charge is 0.335 e. The first-order valence-corrected chi connectivity index (χ1v) is 7.67. The van der Waals surface area contributed by atoms with E-state index in [0.717, 1.165) is 0 Å². The Balaban J connectivity index is 1.80. The van der Waals surface area contributed by atoms with Gasteiger partial charge in [0.15, 0.2) is 17.1 Å². The summed E-state index contributed by atoms with van der Waals surface area (Å²) in [6, 6.07) is 3.17. The van der Waals surface area contributed by atoms with E-state index < -0.39 is 11.6 Å². The van der Waals surface area contributed by atoms with Crippen LogP contribution >= 0.6 is 0 Å². The quantitative estimate of drug-likeness (QED) is 0.828. The van der Waals surface area contributed by atoms with Crippen LogP contribution in [0.1, 0.15) is 23.2 Å². The molecule has 24 heavy (non-hydrogen) atoms. The second-order valence-electron chi connectivity index (χ2n) is 5.83. The summed E-state index contributed by atoms with van der Waals surface area (Å²) < 4.78 is 16.3. The molecule has 8 heteroatoms. The van der Waals surface area contributed by atoms with Crippen LogP contribution in [0.3, 0.4) is 0 Å². The molecule has 2 heterocycles. The predicted molar refractivity (Wildman–Crippen MR) is 81.7 cm³/mol. The van der Waals surface area contributed by atoms with Crippen LogP contribution in [0.4, 0.5) is 0 Å². The Morgan fingerprint density at radius 1 is 1.21 bits per heavy atom. The van der Waals surface area contributed by atoms with Crippen molar-refractivity contribution >= 4 is 11.9 Å². The molecule has 1 aromatic rings. The number of piperidine rings is 1. The fraction of sp³-hybridized carbons (Fsp3) is 0.500. The van der Waals surface area contributed by atoms with Crippen molar-refractivity contribution in [2.24, 2.45) is 0 Å². The lowest BCUT2D eigenvalue weighted by Crippen LogP contribution is -2.50. The fourth-order valence-corrected chi connectivity index (χ4v) is 2.87. The lowest BCUT2D eigenvalue weighted by Gasteiger charge is -2.35. The zero-order valence-corrected chi connectivity index (χ0v) is 13.3. The average Bonchev–Trinajstić information content (AvgIpc) is 2.60. The van der Waals surface area contributed by atoms with E-state index in [1.54, 1.807) is 12.1 Å². The van der Waals surface area contributed by atoms with Crippen molar-refractivity contribution in [1.82, 2.24) is 4.90 Å². The minimum atomic E-state index is -1.76. The first-order chi connectivity index (χ1) is 11.4.